The van der Waals surface area contributed by atoms with Crippen molar-refractivity contribution in [1.29, 1.82) is 0 Å². The van der Waals surface area contributed by atoms with Crippen molar-refractivity contribution in [3.63, 3.8) is 0 Å². The molecule has 0 radical (unpaired) electrons. The molecule has 0 fully saturated rings. The van der Waals surface area contributed by atoms with Gasteiger partial charge in [0.25, 0.3) is 5.91 Å². The van der Waals surface area contributed by atoms with Crippen LogP contribution in [0, 0.1) is 5.41 Å². The quantitative estimate of drug-likeness (QED) is 0.718. The van der Waals surface area contributed by atoms with Crippen molar-refractivity contribution >= 4 is 17.7 Å². The van der Waals surface area contributed by atoms with Gasteiger partial charge in [0.1, 0.15) is 6.26 Å². The van der Waals surface area contributed by atoms with Crippen LogP contribution in [0.4, 0.5) is 0 Å². The third kappa shape index (κ3) is 6.37. The molecule has 6 nitrogen and oxygen atoms in total. The minimum atomic E-state index is -0.265. The third-order valence-corrected chi connectivity index (χ3v) is 3.82. The minimum absolute atomic E-state index is 0.0134. The second-order valence-corrected chi connectivity index (χ2v) is 7.53. The van der Waals surface area contributed by atoms with Gasteiger partial charge in [-0.2, -0.15) is 11.8 Å². The molecule has 7 heteroatoms. The van der Waals surface area contributed by atoms with Crippen LogP contribution in [0.2, 0.25) is 0 Å². The Bertz CT molecular complexity index is 474. The molecule has 22 heavy (non-hydrogen) atoms. The first kappa shape index (κ1) is 19.0. The van der Waals surface area contributed by atoms with Gasteiger partial charge in [0, 0.05) is 13.1 Å². The summed E-state index contributed by atoms with van der Waals surface area (Å²) in [6, 6.07) is -0.265. The molecule has 126 valence electrons. The van der Waals surface area contributed by atoms with Gasteiger partial charge in [-0.3, -0.25) is 4.79 Å². The van der Waals surface area contributed by atoms with Crippen molar-refractivity contribution in [2.45, 2.75) is 26.3 Å². The Morgan fingerprint density at radius 3 is 2.82 bits per heavy atom. The maximum Gasteiger partial charge on any atom is 0.273 e. The Morgan fingerprint density at radius 2 is 2.23 bits per heavy atom. The maximum atomic E-state index is 12.1. The largest absolute Gasteiger partial charge is 0.446 e. The van der Waals surface area contributed by atoms with Gasteiger partial charge in [0.2, 0.25) is 5.89 Å². The monoisotopic (exact) mass is 328 g/mol. The fourth-order valence-electron chi connectivity index (χ4n) is 2.25. The number of thioether (sulfide) groups is 1. The number of hydrogen-bond acceptors (Lipinski definition) is 6. The highest BCUT2D eigenvalue weighted by atomic mass is 32.2. The van der Waals surface area contributed by atoms with E-state index in [-0.39, 0.29) is 23.1 Å². The normalized spacial score (nSPS) is 13.4. The topological polar surface area (TPSA) is 84.4 Å². The van der Waals surface area contributed by atoms with Crippen molar-refractivity contribution in [3.05, 3.63) is 17.8 Å². The van der Waals surface area contributed by atoms with Crippen LogP contribution < -0.4 is 11.1 Å². The van der Waals surface area contributed by atoms with Crippen LogP contribution in [0.3, 0.4) is 0 Å². The van der Waals surface area contributed by atoms with E-state index in [4.69, 9.17) is 10.2 Å². The van der Waals surface area contributed by atoms with Crippen LogP contribution in [0.1, 0.15) is 42.7 Å². The van der Waals surface area contributed by atoms with E-state index < -0.39 is 0 Å². The van der Waals surface area contributed by atoms with E-state index in [9.17, 15) is 4.79 Å². The first-order valence-electron chi connectivity index (χ1n) is 7.38. The Labute approximate surface area is 137 Å². The molecule has 1 atom stereocenters. The fraction of sp³-hybridized carbons (Fsp3) is 0.733. The van der Waals surface area contributed by atoms with Crippen molar-refractivity contribution in [2.75, 3.05) is 39.2 Å². The van der Waals surface area contributed by atoms with Crippen molar-refractivity contribution < 1.29 is 9.21 Å². The highest BCUT2D eigenvalue weighted by Gasteiger charge is 2.22. The number of hydrogen-bond donors (Lipinski definition) is 2. The summed E-state index contributed by atoms with van der Waals surface area (Å²) >= 11 is 1.72. The molecule has 0 bridgehead atoms. The molecule has 1 unspecified atom stereocenters. The molecule has 0 aliphatic carbocycles. The number of amides is 1. The van der Waals surface area contributed by atoms with Gasteiger partial charge in [-0.25, -0.2) is 4.98 Å². The molecule has 0 saturated heterocycles. The average Bonchev–Trinajstić information content (AvgIpc) is 2.90. The number of nitrogens with one attached hydrogen (secondary N) is 1. The van der Waals surface area contributed by atoms with Crippen LogP contribution in [-0.4, -0.2) is 55.0 Å². The Morgan fingerprint density at radius 1 is 1.55 bits per heavy atom. The van der Waals surface area contributed by atoms with Crippen LogP contribution in [0.5, 0.6) is 0 Å². The van der Waals surface area contributed by atoms with Crippen LogP contribution in [0.25, 0.3) is 0 Å². The molecule has 1 heterocycles. The third-order valence-electron chi connectivity index (χ3n) is 3.18. The van der Waals surface area contributed by atoms with E-state index in [1.807, 2.05) is 20.4 Å². The van der Waals surface area contributed by atoms with E-state index in [1.54, 1.807) is 11.8 Å². The second-order valence-electron chi connectivity index (χ2n) is 6.54. The zero-order chi connectivity index (χ0) is 16.8. The van der Waals surface area contributed by atoms with Crippen molar-refractivity contribution in [3.8, 4) is 0 Å². The molecule has 0 aliphatic rings. The van der Waals surface area contributed by atoms with Crippen LogP contribution >= 0.6 is 11.8 Å². The molecule has 0 spiro atoms. The molecule has 0 aliphatic heterocycles. The smallest absolute Gasteiger partial charge is 0.273 e. The Hall–Kier alpha value is -1.05. The number of aromatic nitrogens is 1. The van der Waals surface area contributed by atoms with Gasteiger partial charge in [0.15, 0.2) is 5.69 Å². The lowest BCUT2D eigenvalue weighted by Gasteiger charge is -2.28. The van der Waals surface area contributed by atoms with Gasteiger partial charge < -0.3 is 20.4 Å². The molecular formula is C15H28N4O2S. The zero-order valence-electron chi connectivity index (χ0n) is 14.2. The van der Waals surface area contributed by atoms with E-state index >= 15 is 0 Å². The summed E-state index contributed by atoms with van der Waals surface area (Å²) < 4.78 is 5.33. The SMILES string of the molecule is CSCCC(N)c1nc(C(=O)NCC(C)(C)CN(C)C)co1. The summed E-state index contributed by atoms with van der Waals surface area (Å²) in [5.41, 5.74) is 6.26. The summed E-state index contributed by atoms with van der Waals surface area (Å²) in [5.74, 6) is 1.13. The summed E-state index contributed by atoms with van der Waals surface area (Å²) in [6.45, 7) is 5.68. The highest BCUT2D eigenvalue weighted by molar-refractivity contribution is 7.98. The van der Waals surface area contributed by atoms with Crippen LogP contribution in [0.15, 0.2) is 10.7 Å². The first-order chi connectivity index (χ1) is 10.2. The zero-order valence-corrected chi connectivity index (χ0v) is 15.0. The van der Waals surface area contributed by atoms with E-state index in [0.717, 1.165) is 18.7 Å². The lowest BCUT2D eigenvalue weighted by molar-refractivity contribution is 0.0924. The molecular weight excluding hydrogens is 300 g/mol. The lowest BCUT2D eigenvalue weighted by atomic mass is 9.93. The standard InChI is InChI=1S/C15H28N4O2S/c1-15(2,10-19(3)4)9-17-13(20)12-8-21-14(18-12)11(16)6-7-22-5/h8,11H,6-7,9-10,16H2,1-5H3,(H,17,20). The van der Waals surface area contributed by atoms with Crippen molar-refractivity contribution in [2.24, 2.45) is 11.1 Å². The molecule has 3 N–H and O–H groups in total. The van der Waals surface area contributed by atoms with E-state index in [0.29, 0.717) is 12.4 Å². The van der Waals surface area contributed by atoms with Gasteiger partial charge in [-0.05, 0) is 37.9 Å². The Kier molecular flexibility index (Phi) is 7.38. The number of nitrogens with zero attached hydrogens (tertiary/aromatic N) is 2. The number of oxazole rings is 1. The predicted octanol–water partition coefficient (Wildman–Crippen LogP) is 1.75. The van der Waals surface area contributed by atoms with Gasteiger partial charge >= 0.3 is 0 Å². The number of carbonyl (C=O) groups excluding carboxylic acids is 1. The highest BCUT2D eigenvalue weighted by Crippen LogP contribution is 2.17. The average molecular weight is 328 g/mol. The molecule has 1 rings (SSSR count). The maximum absolute atomic E-state index is 12.1. The summed E-state index contributed by atoms with van der Waals surface area (Å²) in [5, 5.41) is 2.91. The molecule has 0 saturated carbocycles. The minimum Gasteiger partial charge on any atom is -0.446 e. The van der Waals surface area contributed by atoms with Gasteiger partial charge in [-0.1, -0.05) is 13.8 Å². The number of carbonyl (C=O) groups is 1. The summed E-state index contributed by atoms with van der Waals surface area (Å²) in [6.07, 6.45) is 4.18. The van der Waals surface area contributed by atoms with Crippen molar-refractivity contribution in [1.82, 2.24) is 15.2 Å². The molecule has 1 aromatic rings. The van der Waals surface area contributed by atoms with E-state index in [2.05, 4.69) is 29.0 Å². The molecule has 1 amide bonds. The van der Waals surface area contributed by atoms with Gasteiger partial charge in [-0.15, -0.1) is 0 Å². The number of nitrogens with two attached hydrogens (primary N) is 1. The van der Waals surface area contributed by atoms with Gasteiger partial charge in [0.05, 0.1) is 6.04 Å². The van der Waals surface area contributed by atoms with E-state index in [1.165, 1.54) is 6.26 Å². The Balaban J connectivity index is 2.54. The summed E-state index contributed by atoms with van der Waals surface area (Å²) in [4.78, 5) is 18.4. The number of rotatable bonds is 9. The second kappa shape index (κ2) is 8.55. The lowest BCUT2D eigenvalue weighted by Crippen LogP contribution is -2.40. The first-order valence-corrected chi connectivity index (χ1v) is 8.77. The summed E-state index contributed by atoms with van der Waals surface area (Å²) in [7, 11) is 4.03. The predicted molar refractivity (Wildman–Crippen MR) is 91.1 cm³/mol. The fourth-order valence-corrected chi connectivity index (χ4v) is 2.74. The molecule has 0 aromatic carbocycles. The van der Waals surface area contributed by atoms with Crippen LogP contribution in [-0.2, 0) is 0 Å². The molecule has 1 aromatic heterocycles.